The van der Waals surface area contributed by atoms with Crippen LogP contribution in [-0.2, 0) is 0 Å². The summed E-state index contributed by atoms with van der Waals surface area (Å²) in [5.74, 6) is 0.725. The third-order valence-corrected chi connectivity index (χ3v) is 4.37. The Balaban J connectivity index is 0.00000150. The summed E-state index contributed by atoms with van der Waals surface area (Å²) in [6.07, 6.45) is 2.30. The molecule has 4 rings (SSSR count). The van der Waals surface area contributed by atoms with Crippen LogP contribution >= 0.6 is 36.4 Å². The molecule has 3 heterocycles. The van der Waals surface area contributed by atoms with Crippen molar-refractivity contribution in [2.75, 3.05) is 26.2 Å². The maximum Gasteiger partial charge on any atom is 0.320 e. The summed E-state index contributed by atoms with van der Waals surface area (Å²) < 4.78 is 11.7. The zero-order valence-electron chi connectivity index (χ0n) is 15.2. The number of amides is 2. The largest absolute Gasteiger partial charge is 0.460 e. The summed E-state index contributed by atoms with van der Waals surface area (Å²) >= 11 is 6.02. The number of halogens is 3. The van der Waals surface area contributed by atoms with Crippen LogP contribution in [0.5, 0.6) is 5.75 Å². The Morgan fingerprint density at radius 2 is 2.07 bits per heavy atom. The van der Waals surface area contributed by atoms with Crippen LogP contribution in [0.15, 0.2) is 47.1 Å². The predicted octanol–water partition coefficient (Wildman–Crippen LogP) is 3.41. The smallest absolute Gasteiger partial charge is 0.320 e. The number of pyridine rings is 1. The summed E-state index contributed by atoms with van der Waals surface area (Å²) in [6, 6.07) is 8.39. The van der Waals surface area contributed by atoms with Crippen LogP contribution in [0.1, 0.15) is 12.1 Å². The Hall–Kier alpha value is -2.26. The first-order valence-corrected chi connectivity index (χ1v) is 8.96. The lowest BCUT2D eigenvalue weighted by atomic mass is 10.3. The molecular formula is C18H20Cl3N5O3. The van der Waals surface area contributed by atoms with Gasteiger partial charge in [-0.3, -0.25) is 10.3 Å². The predicted molar refractivity (Wildman–Crippen MR) is 114 cm³/mol. The molecule has 1 aliphatic heterocycles. The first kappa shape index (κ1) is 23.0. The SMILES string of the molecule is Cl.Cl.O=C(NC(Oc1cccnc1)c1nc2cc(Cl)ccc2o1)N1CCNCC1. The van der Waals surface area contributed by atoms with E-state index in [4.69, 9.17) is 20.8 Å². The fourth-order valence-corrected chi connectivity index (χ4v) is 2.96. The molecule has 8 nitrogen and oxygen atoms in total. The number of nitrogens with one attached hydrogen (secondary N) is 2. The Kier molecular flexibility index (Phi) is 8.33. The number of benzene rings is 1. The van der Waals surface area contributed by atoms with Gasteiger partial charge in [-0.1, -0.05) is 11.6 Å². The molecule has 1 fully saturated rings. The van der Waals surface area contributed by atoms with Crippen molar-refractivity contribution in [3.8, 4) is 5.75 Å². The number of aromatic nitrogens is 2. The topological polar surface area (TPSA) is 92.5 Å². The minimum atomic E-state index is -0.900. The van der Waals surface area contributed by atoms with E-state index in [1.807, 2.05) is 0 Å². The van der Waals surface area contributed by atoms with Gasteiger partial charge in [0.15, 0.2) is 5.58 Å². The second kappa shape index (κ2) is 10.5. The maximum atomic E-state index is 12.6. The lowest BCUT2D eigenvalue weighted by molar-refractivity contribution is 0.121. The zero-order chi connectivity index (χ0) is 18.6. The van der Waals surface area contributed by atoms with E-state index in [1.165, 1.54) is 0 Å². The average molecular weight is 461 g/mol. The molecule has 1 aliphatic rings. The molecule has 11 heteroatoms. The van der Waals surface area contributed by atoms with Crippen molar-refractivity contribution in [1.29, 1.82) is 0 Å². The highest BCUT2D eigenvalue weighted by Crippen LogP contribution is 2.25. The number of carbonyl (C=O) groups is 1. The minimum Gasteiger partial charge on any atom is -0.460 e. The Morgan fingerprint density at radius 1 is 1.28 bits per heavy atom. The van der Waals surface area contributed by atoms with Crippen LogP contribution in [0.4, 0.5) is 4.79 Å². The van der Waals surface area contributed by atoms with Crippen molar-refractivity contribution in [2.24, 2.45) is 0 Å². The lowest BCUT2D eigenvalue weighted by Gasteiger charge is -2.29. The third kappa shape index (κ3) is 5.63. The zero-order valence-corrected chi connectivity index (χ0v) is 17.6. The quantitative estimate of drug-likeness (QED) is 0.580. The van der Waals surface area contributed by atoms with E-state index < -0.39 is 6.23 Å². The normalized spacial score (nSPS) is 14.4. The molecule has 1 atom stereocenters. The second-order valence-electron chi connectivity index (χ2n) is 6.04. The van der Waals surface area contributed by atoms with Gasteiger partial charge in [0.2, 0.25) is 0 Å². The number of fused-ring (bicyclic) bond motifs is 1. The first-order chi connectivity index (χ1) is 13.2. The lowest BCUT2D eigenvalue weighted by Crippen LogP contribution is -2.51. The summed E-state index contributed by atoms with van der Waals surface area (Å²) in [5, 5.41) is 6.61. The Morgan fingerprint density at radius 3 is 2.79 bits per heavy atom. The van der Waals surface area contributed by atoms with Crippen molar-refractivity contribution in [3.63, 3.8) is 0 Å². The van der Waals surface area contributed by atoms with Gasteiger partial charge in [0.05, 0.1) is 6.20 Å². The van der Waals surface area contributed by atoms with Gasteiger partial charge >= 0.3 is 6.03 Å². The van der Waals surface area contributed by atoms with Crippen molar-refractivity contribution in [3.05, 3.63) is 53.6 Å². The molecule has 0 spiro atoms. The fourth-order valence-electron chi connectivity index (χ4n) is 2.80. The van der Waals surface area contributed by atoms with Crippen LogP contribution in [0.2, 0.25) is 5.02 Å². The molecule has 1 aromatic carbocycles. The Bertz CT molecular complexity index is 935. The molecule has 2 N–H and O–H groups in total. The number of piperazine rings is 1. The number of nitrogens with zero attached hydrogens (tertiary/aromatic N) is 3. The highest BCUT2D eigenvalue weighted by atomic mass is 35.5. The molecule has 156 valence electrons. The van der Waals surface area contributed by atoms with Gasteiger partial charge in [0.25, 0.3) is 12.1 Å². The molecule has 1 saturated heterocycles. The van der Waals surface area contributed by atoms with Gasteiger partial charge < -0.3 is 19.4 Å². The third-order valence-electron chi connectivity index (χ3n) is 4.14. The second-order valence-corrected chi connectivity index (χ2v) is 6.47. The van der Waals surface area contributed by atoms with E-state index in [0.717, 1.165) is 13.1 Å². The first-order valence-electron chi connectivity index (χ1n) is 8.58. The molecule has 0 bridgehead atoms. The van der Waals surface area contributed by atoms with Gasteiger partial charge in [0, 0.05) is 37.4 Å². The highest BCUT2D eigenvalue weighted by molar-refractivity contribution is 6.31. The molecule has 3 aromatic rings. The number of oxazole rings is 1. The van der Waals surface area contributed by atoms with Crippen molar-refractivity contribution in [2.45, 2.75) is 6.23 Å². The Labute approximate surface area is 184 Å². The van der Waals surface area contributed by atoms with Crippen LogP contribution in [0, 0.1) is 0 Å². The molecule has 2 aromatic heterocycles. The number of hydrogen-bond donors (Lipinski definition) is 2. The van der Waals surface area contributed by atoms with E-state index in [-0.39, 0.29) is 36.7 Å². The summed E-state index contributed by atoms with van der Waals surface area (Å²) in [6.45, 7) is 2.75. The number of carbonyl (C=O) groups excluding carboxylic acids is 1. The van der Waals surface area contributed by atoms with E-state index in [9.17, 15) is 4.79 Å². The summed E-state index contributed by atoms with van der Waals surface area (Å²) in [4.78, 5) is 22.8. The van der Waals surface area contributed by atoms with E-state index in [2.05, 4.69) is 20.6 Å². The fraction of sp³-hybridized carbons (Fsp3) is 0.278. The number of urea groups is 1. The summed E-state index contributed by atoms with van der Waals surface area (Å²) in [7, 11) is 0. The van der Waals surface area contributed by atoms with Crippen LogP contribution in [0.25, 0.3) is 11.1 Å². The van der Waals surface area contributed by atoms with E-state index in [0.29, 0.717) is 35.0 Å². The molecule has 2 amide bonds. The van der Waals surface area contributed by atoms with Gasteiger partial charge in [-0.15, -0.1) is 24.8 Å². The summed E-state index contributed by atoms with van der Waals surface area (Å²) in [5.41, 5.74) is 1.15. The average Bonchev–Trinajstić information content (AvgIpc) is 3.12. The van der Waals surface area contributed by atoms with Crippen LogP contribution < -0.4 is 15.4 Å². The van der Waals surface area contributed by atoms with Gasteiger partial charge in [-0.05, 0) is 30.3 Å². The van der Waals surface area contributed by atoms with Crippen LogP contribution in [0.3, 0.4) is 0 Å². The molecule has 29 heavy (non-hydrogen) atoms. The minimum absolute atomic E-state index is 0. The number of rotatable bonds is 4. The molecule has 0 aliphatic carbocycles. The molecule has 0 radical (unpaired) electrons. The number of ether oxygens (including phenoxy) is 1. The molecule has 0 saturated carbocycles. The van der Waals surface area contributed by atoms with Crippen molar-refractivity contribution >= 4 is 53.5 Å². The maximum absolute atomic E-state index is 12.6. The number of hydrogen-bond acceptors (Lipinski definition) is 6. The van der Waals surface area contributed by atoms with Gasteiger partial charge in [-0.25, -0.2) is 9.78 Å². The highest BCUT2D eigenvalue weighted by Gasteiger charge is 2.26. The van der Waals surface area contributed by atoms with Gasteiger partial charge in [0.1, 0.15) is 11.3 Å². The van der Waals surface area contributed by atoms with E-state index >= 15 is 0 Å². The van der Waals surface area contributed by atoms with Gasteiger partial charge in [-0.2, -0.15) is 0 Å². The van der Waals surface area contributed by atoms with Crippen LogP contribution in [-0.4, -0.2) is 47.1 Å². The standard InChI is InChI=1S/C18H18ClN5O3.2ClH/c19-12-3-4-15-14(10-12)22-16(27-15)17(26-13-2-1-5-21-11-13)23-18(25)24-8-6-20-7-9-24;;/h1-5,10-11,17,20H,6-9H2,(H,23,25);2*1H. The molecule has 1 unspecified atom stereocenters. The van der Waals surface area contributed by atoms with E-state index in [1.54, 1.807) is 47.6 Å². The van der Waals surface area contributed by atoms with Crippen molar-refractivity contribution in [1.82, 2.24) is 25.5 Å². The van der Waals surface area contributed by atoms with Crippen molar-refractivity contribution < 1.29 is 13.9 Å². The monoisotopic (exact) mass is 459 g/mol. The molecular weight excluding hydrogens is 441 g/mol.